The Morgan fingerprint density at radius 2 is 1.30 bits per heavy atom. The first-order chi connectivity index (χ1) is 15.7. The van der Waals surface area contributed by atoms with Gasteiger partial charge in [0.15, 0.2) is 11.8 Å². The minimum Gasteiger partial charge on any atom is -0.297 e. The maximum Gasteiger partial charge on any atom is 0.286 e. The summed E-state index contributed by atoms with van der Waals surface area (Å²) in [5.41, 5.74) is -0.366. The Labute approximate surface area is 182 Å². The van der Waals surface area contributed by atoms with Gasteiger partial charge >= 0.3 is 0 Å². The molecule has 4 aromatic rings. The lowest BCUT2D eigenvalue weighted by molar-refractivity contribution is -0.394. The van der Waals surface area contributed by atoms with Crippen molar-refractivity contribution in [2.45, 2.75) is 0 Å². The summed E-state index contributed by atoms with van der Waals surface area (Å²) in [4.78, 5) is 40.0. The molecule has 33 heavy (non-hydrogen) atoms. The number of nitro benzene ring substituents is 3. The van der Waals surface area contributed by atoms with Gasteiger partial charge in [-0.3, -0.25) is 35.1 Å². The van der Waals surface area contributed by atoms with Crippen LogP contribution in [0.15, 0.2) is 66.9 Å². The number of aromatic nitrogens is 2. The Hall–Kier alpha value is -5.07. The standard InChI is InChI=1S/C13H8FN3O2.C7H4N2O5/c14-9-4-6-10(7-5-9)16-12-2-1-3-13(17(18)19)11(12)8-15-16;10-4-5-6(8(11)12)2-1-3-7(5)9(13)14/h1-8H;1-4H. The van der Waals surface area contributed by atoms with Gasteiger partial charge in [-0.25, -0.2) is 9.07 Å². The van der Waals surface area contributed by atoms with Crippen molar-refractivity contribution >= 4 is 34.3 Å². The molecule has 1 heterocycles. The number of hydrogen-bond acceptors (Lipinski definition) is 8. The van der Waals surface area contributed by atoms with Gasteiger partial charge in [0.1, 0.15) is 5.82 Å². The van der Waals surface area contributed by atoms with Gasteiger partial charge in [-0.2, -0.15) is 5.10 Å². The summed E-state index contributed by atoms with van der Waals surface area (Å²) in [6, 6.07) is 13.8. The normalized spacial score (nSPS) is 10.2. The Balaban J connectivity index is 0.000000196. The van der Waals surface area contributed by atoms with Gasteiger partial charge in [0.05, 0.1) is 37.6 Å². The van der Waals surface area contributed by atoms with E-state index in [0.29, 0.717) is 16.6 Å². The van der Waals surface area contributed by atoms with Gasteiger partial charge in [0.2, 0.25) is 0 Å². The molecule has 166 valence electrons. The van der Waals surface area contributed by atoms with E-state index in [0.717, 1.165) is 18.2 Å². The monoisotopic (exact) mass is 453 g/mol. The Morgan fingerprint density at radius 1 is 0.788 bits per heavy atom. The maximum absolute atomic E-state index is 12.9. The van der Waals surface area contributed by atoms with E-state index in [1.807, 2.05) is 0 Å². The van der Waals surface area contributed by atoms with Crippen LogP contribution in [0.1, 0.15) is 10.4 Å². The lowest BCUT2D eigenvalue weighted by atomic mass is 10.1. The molecule has 0 bridgehead atoms. The number of carbonyl (C=O) groups excluding carboxylic acids is 1. The van der Waals surface area contributed by atoms with Crippen molar-refractivity contribution in [3.05, 3.63) is 109 Å². The van der Waals surface area contributed by atoms with Crippen molar-refractivity contribution in [3.8, 4) is 5.69 Å². The topological polar surface area (TPSA) is 164 Å². The third-order valence-electron chi connectivity index (χ3n) is 4.43. The molecular formula is C20H12FN5O7. The molecule has 3 aromatic carbocycles. The quantitative estimate of drug-likeness (QED) is 0.244. The van der Waals surface area contributed by atoms with Gasteiger partial charge in [0, 0.05) is 18.2 Å². The van der Waals surface area contributed by atoms with Gasteiger partial charge in [-0.15, -0.1) is 0 Å². The molecule has 0 aliphatic carbocycles. The summed E-state index contributed by atoms with van der Waals surface area (Å²) in [7, 11) is 0. The molecule has 0 N–H and O–H groups in total. The van der Waals surface area contributed by atoms with Crippen molar-refractivity contribution in [3.63, 3.8) is 0 Å². The van der Waals surface area contributed by atoms with Gasteiger partial charge in [-0.1, -0.05) is 6.07 Å². The maximum atomic E-state index is 12.9. The summed E-state index contributed by atoms with van der Waals surface area (Å²) in [5.74, 6) is -0.341. The predicted octanol–water partition coefficient (Wildman–Crippen LogP) is 4.39. The van der Waals surface area contributed by atoms with E-state index in [1.54, 1.807) is 28.9 Å². The minimum absolute atomic E-state index is 0.00543. The molecular weight excluding hydrogens is 441 g/mol. The zero-order valence-corrected chi connectivity index (χ0v) is 16.4. The van der Waals surface area contributed by atoms with E-state index >= 15 is 0 Å². The third kappa shape index (κ3) is 4.66. The van der Waals surface area contributed by atoms with E-state index in [-0.39, 0.29) is 17.8 Å². The van der Waals surface area contributed by atoms with Crippen LogP contribution in [-0.2, 0) is 0 Å². The first kappa shape index (κ1) is 22.6. The number of rotatable bonds is 5. The highest BCUT2D eigenvalue weighted by Crippen LogP contribution is 2.27. The highest BCUT2D eigenvalue weighted by atomic mass is 19.1. The van der Waals surface area contributed by atoms with Crippen LogP contribution in [0.25, 0.3) is 16.6 Å². The molecule has 0 amide bonds. The Kier molecular flexibility index (Phi) is 6.43. The first-order valence-corrected chi connectivity index (χ1v) is 8.98. The second-order valence-corrected chi connectivity index (χ2v) is 6.34. The lowest BCUT2D eigenvalue weighted by Gasteiger charge is -2.03. The highest BCUT2D eigenvalue weighted by Gasteiger charge is 2.23. The number of fused-ring (bicyclic) bond motifs is 1. The zero-order valence-electron chi connectivity index (χ0n) is 16.4. The minimum atomic E-state index is -0.837. The van der Waals surface area contributed by atoms with Crippen LogP contribution < -0.4 is 0 Å². The smallest absolute Gasteiger partial charge is 0.286 e. The molecule has 0 saturated carbocycles. The Morgan fingerprint density at radius 3 is 1.82 bits per heavy atom. The summed E-state index contributed by atoms with van der Waals surface area (Å²) < 4.78 is 14.4. The van der Waals surface area contributed by atoms with Crippen LogP contribution in [0, 0.1) is 36.2 Å². The van der Waals surface area contributed by atoms with Crippen molar-refractivity contribution < 1.29 is 24.0 Å². The highest BCUT2D eigenvalue weighted by molar-refractivity contribution is 5.89. The molecule has 0 spiro atoms. The Bertz CT molecular complexity index is 1350. The number of non-ortho nitro benzene ring substituents is 1. The molecule has 0 fully saturated rings. The molecule has 13 heteroatoms. The summed E-state index contributed by atoms with van der Waals surface area (Å²) >= 11 is 0. The second kappa shape index (κ2) is 9.38. The van der Waals surface area contributed by atoms with Crippen LogP contribution >= 0.6 is 0 Å². The molecule has 4 rings (SSSR count). The van der Waals surface area contributed by atoms with E-state index in [1.165, 1.54) is 24.4 Å². The van der Waals surface area contributed by atoms with Crippen molar-refractivity contribution in [2.24, 2.45) is 0 Å². The number of halogens is 1. The summed E-state index contributed by atoms with van der Waals surface area (Å²) in [6.07, 6.45) is 1.55. The van der Waals surface area contributed by atoms with Crippen LogP contribution in [-0.4, -0.2) is 30.8 Å². The molecule has 0 radical (unpaired) electrons. The van der Waals surface area contributed by atoms with Gasteiger partial charge in [-0.05, 0) is 36.4 Å². The summed E-state index contributed by atoms with van der Waals surface area (Å²) in [5, 5.41) is 36.3. The molecule has 0 saturated heterocycles. The zero-order chi connectivity index (χ0) is 24.1. The number of carbonyl (C=O) groups is 1. The lowest BCUT2D eigenvalue weighted by Crippen LogP contribution is -1.99. The average Bonchev–Trinajstić information content (AvgIpc) is 3.23. The number of nitro groups is 3. The first-order valence-electron chi connectivity index (χ1n) is 8.98. The van der Waals surface area contributed by atoms with Gasteiger partial charge in [0.25, 0.3) is 17.1 Å². The second-order valence-electron chi connectivity index (χ2n) is 6.34. The van der Waals surface area contributed by atoms with Crippen LogP contribution in [0.4, 0.5) is 21.5 Å². The number of benzene rings is 3. The fourth-order valence-electron chi connectivity index (χ4n) is 2.96. The SMILES string of the molecule is O=Cc1c([N+](=O)[O-])cccc1[N+](=O)[O-].O=[N+]([O-])c1cccc2c1cnn2-c1ccc(F)cc1. The molecule has 1 aromatic heterocycles. The molecule has 12 nitrogen and oxygen atoms in total. The molecule has 0 atom stereocenters. The number of hydrogen-bond donors (Lipinski definition) is 0. The van der Waals surface area contributed by atoms with Crippen LogP contribution in [0.5, 0.6) is 0 Å². The van der Waals surface area contributed by atoms with E-state index < -0.39 is 31.7 Å². The van der Waals surface area contributed by atoms with E-state index in [2.05, 4.69) is 5.10 Å². The third-order valence-corrected chi connectivity index (χ3v) is 4.43. The van der Waals surface area contributed by atoms with E-state index in [4.69, 9.17) is 0 Å². The van der Waals surface area contributed by atoms with Gasteiger partial charge < -0.3 is 0 Å². The van der Waals surface area contributed by atoms with E-state index in [9.17, 15) is 39.5 Å². The largest absolute Gasteiger partial charge is 0.297 e. The van der Waals surface area contributed by atoms with Crippen LogP contribution in [0.3, 0.4) is 0 Å². The van der Waals surface area contributed by atoms with Crippen molar-refractivity contribution in [1.82, 2.24) is 9.78 Å². The number of aldehydes is 1. The van der Waals surface area contributed by atoms with Crippen molar-refractivity contribution in [2.75, 3.05) is 0 Å². The molecule has 0 unspecified atom stereocenters. The fourth-order valence-corrected chi connectivity index (χ4v) is 2.96. The summed E-state index contributed by atoms with van der Waals surface area (Å²) in [6.45, 7) is 0. The molecule has 0 aliphatic heterocycles. The fraction of sp³-hybridized carbons (Fsp3) is 0. The average molecular weight is 453 g/mol. The van der Waals surface area contributed by atoms with Crippen LogP contribution in [0.2, 0.25) is 0 Å². The molecule has 0 aliphatic rings. The van der Waals surface area contributed by atoms with Crippen molar-refractivity contribution in [1.29, 1.82) is 0 Å². The predicted molar refractivity (Wildman–Crippen MR) is 113 cm³/mol. The number of nitrogens with zero attached hydrogens (tertiary/aromatic N) is 5.